The van der Waals surface area contributed by atoms with Crippen molar-refractivity contribution < 1.29 is 9.59 Å². The van der Waals surface area contributed by atoms with Crippen molar-refractivity contribution >= 4 is 22.9 Å². The second kappa shape index (κ2) is 5.84. The smallest absolute Gasteiger partial charge is 0.247 e. The van der Waals surface area contributed by atoms with E-state index in [9.17, 15) is 9.59 Å². The molecule has 0 aromatic heterocycles. The zero-order valence-electron chi connectivity index (χ0n) is 8.54. The van der Waals surface area contributed by atoms with E-state index in [1.807, 2.05) is 0 Å². The predicted octanol–water partition coefficient (Wildman–Crippen LogP) is 2.59. The number of isocyanates is 1. The van der Waals surface area contributed by atoms with E-state index in [4.69, 9.17) is 11.6 Å². The number of allylic oxidation sites excluding steroid dienone is 1. The Morgan fingerprint density at radius 3 is 2.73 bits per heavy atom. The molecule has 0 radical (unpaired) electrons. The van der Waals surface area contributed by atoms with Crippen LogP contribution >= 0.6 is 11.6 Å². The molecule has 15 heavy (non-hydrogen) atoms. The first-order valence-electron chi connectivity index (χ1n) is 5.09. The van der Waals surface area contributed by atoms with Crippen LogP contribution in [0.25, 0.3) is 0 Å². The van der Waals surface area contributed by atoms with E-state index in [0.29, 0.717) is 12.0 Å². The molecule has 1 rings (SSSR count). The van der Waals surface area contributed by atoms with Crippen molar-refractivity contribution in [3.8, 4) is 0 Å². The minimum atomic E-state index is -0.491. The summed E-state index contributed by atoms with van der Waals surface area (Å²) in [4.78, 5) is 24.8. The van der Waals surface area contributed by atoms with Crippen molar-refractivity contribution in [1.29, 1.82) is 0 Å². The van der Waals surface area contributed by atoms with Gasteiger partial charge in [0.25, 0.3) is 0 Å². The summed E-state index contributed by atoms with van der Waals surface area (Å²) >= 11 is 5.33. The van der Waals surface area contributed by atoms with Crippen molar-refractivity contribution in [2.24, 2.45) is 10.9 Å². The lowest BCUT2D eigenvalue weighted by Gasteiger charge is -2.27. The van der Waals surface area contributed by atoms with Gasteiger partial charge in [-0.2, -0.15) is 0 Å². The molecule has 0 spiro atoms. The summed E-state index contributed by atoms with van der Waals surface area (Å²) in [6.45, 7) is 3.62. The van der Waals surface area contributed by atoms with Crippen LogP contribution in [0.4, 0.5) is 0 Å². The van der Waals surface area contributed by atoms with E-state index in [2.05, 4.69) is 11.6 Å². The lowest BCUT2D eigenvalue weighted by atomic mass is 9.81. The monoisotopic (exact) mass is 227 g/mol. The van der Waals surface area contributed by atoms with Gasteiger partial charge < -0.3 is 0 Å². The number of hydrogen-bond acceptors (Lipinski definition) is 3. The van der Waals surface area contributed by atoms with Gasteiger partial charge in [-0.1, -0.05) is 19.4 Å². The highest BCUT2D eigenvalue weighted by atomic mass is 35.5. The molecule has 2 atom stereocenters. The number of aliphatic imine (C=N–C) groups is 1. The SMILES string of the molecule is C=C(CC1CCCCC1N=C=O)C(=O)Cl. The molecular weight excluding hydrogens is 214 g/mol. The van der Waals surface area contributed by atoms with Gasteiger partial charge in [0.1, 0.15) is 0 Å². The van der Waals surface area contributed by atoms with Crippen LogP contribution in [0.2, 0.25) is 0 Å². The molecule has 4 heteroatoms. The highest BCUT2D eigenvalue weighted by Crippen LogP contribution is 2.31. The van der Waals surface area contributed by atoms with Crippen LogP contribution in [0, 0.1) is 5.92 Å². The number of hydrogen-bond donors (Lipinski definition) is 0. The molecule has 1 fully saturated rings. The molecule has 0 amide bonds. The first-order valence-corrected chi connectivity index (χ1v) is 5.47. The number of nitrogens with zero attached hydrogens (tertiary/aromatic N) is 1. The molecule has 0 N–H and O–H groups in total. The van der Waals surface area contributed by atoms with Crippen LogP contribution in [0.3, 0.4) is 0 Å². The molecule has 1 saturated carbocycles. The Hall–Kier alpha value is -0.920. The van der Waals surface area contributed by atoms with Crippen molar-refractivity contribution in [1.82, 2.24) is 0 Å². The summed E-state index contributed by atoms with van der Waals surface area (Å²) in [7, 11) is 0. The summed E-state index contributed by atoms with van der Waals surface area (Å²) in [5.41, 5.74) is 0.412. The Morgan fingerprint density at radius 1 is 1.47 bits per heavy atom. The lowest BCUT2D eigenvalue weighted by Crippen LogP contribution is -2.24. The molecule has 0 saturated heterocycles. The molecule has 82 valence electrons. The van der Waals surface area contributed by atoms with Gasteiger partial charge in [-0.25, -0.2) is 9.79 Å². The fourth-order valence-electron chi connectivity index (χ4n) is 2.06. The quantitative estimate of drug-likeness (QED) is 0.321. The van der Waals surface area contributed by atoms with Gasteiger partial charge in [-0.3, -0.25) is 4.79 Å². The van der Waals surface area contributed by atoms with Crippen molar-refractivity contribution in [2.75, 3.05) is 0 Å². The molecule has 2 unspecified atom stereocenters. The fourth-order valence-corrected chi connectivity index (χ4v) is 2.14. The summed E-state index contributed by atoms with van der Waals surface area (Å²) in [5, 5.41) is -0.491. The average molecular weight is 228 g/mol. The van der Waals surface area contributed by atoms with Gasteiger partial charge in [0.2, 0.25) is 11.3 Å². The molecule has 0 aromatic rings. The maximum atomic E-state index is 10.8. The van der Waals surface area contributed by atoms with Crippen LogP contribution < -0.4 is 0 Å². The van der Waals surface area contributed by atoms with Gasteiger partial charge in [0.15, 0.2) is 0 Å². The Balaban J connectivity index is 2.60. The highest BCUT2D eigenvalue weighted by molar-refractivity contribution is 6.67. The van der Waals surface area contributed by atoms with Gasteiger partial charge in [-0.15, -0.1) is 0 Å². The Bertz CT molecular complexity index is 308. The van der Waals surface area contributed by atoms with Crippen LogP contribution in [0.5, 0.6) is 0 Å². The Labute approximate surface area is 94.2 Å². The van der Waals surface area contributed by atoms with E-state index in [-0.39, 0.29) is 12.0 Å². The van der Waals surface area contributed by atoms with Gasteiger partial charge >= 0.3 is 0 Å². The third kappa shape index (κ3) is 3.61. The van der Waals surface area contributed by atoms with E-state index >= 15 is 0 Å². The number of halogens is 1. The van der Waals surface area contributed by atoms with Crippen LogP contribution in [0.15, 0.2) is 17.1 Å². The fraction of sp³-hybridized carbons (Fsp3) is 0.636. The Morgan fingerprint density at radius 2 is 2.13 bits per heavy atom. The number of rotatable bonds is 4. The van der Waals surface area contributed by atoms with Crippen LogP contribution in [0.1, 0.15) is 32.1 Å². The largest absolute Gasteiger partial charge is 0.276 e. The number of carbonyl (C=O) groups excluding carboxylic acids is 2. The molecular formula is C11H14ClNO2. The summed E-state index contributed by atoms with van der Waals surface area (Å²) in [6.07, 6.45) is 6.19. The molecule has 3 nitrogen and oxygen atoms in total. The second-order valence-electron chi connectivity index (χ2n) is 3.91. The topological polar surface area (TPSA) is 46.5 Å². The van der Waals surface area contributed by atoms with Crippen molar-refractivity contribution in [3.63, 3.8) is 0 Å². The minimum Gasteiger partial charge on any atom is -0.276 e. The number of carbonyl (C=O) groups is 1. The molecule has 1 aliphatic rings. The molecule has 0 aliphatic heterocycles. The van der Waals surface area contributed by atoms with E-state index in [1.165, 1.54) is 0 Å². The normalized spacial score (nSPS) is 25.4. The zero-order chi connectivity index (χ0) is 11.3. The average Bonchev–Trinajstić information content (AvgIpc) is 2.21. The summed E-state index contributed by atoms with van der Waals surface area (Å²) in [5.74, 6) is 0.218. The maximum Gasteiger partial charge on any atom is 0.247 e. The highest BCUT2D eigenvalue weighted by Gasteiger charge is 2.26. The van der Waals surface area contributed by atoms with E-state index in [1.54, 1.807) is 6.08 Å². The third-order valence-corrected chi connectivity index (χ3v) is 3.14. The first kappa shape index (κ1) is 12.2. The summed E-state index contributed by atoms with van der Waals surface area (Å²) in [6, 6.07) is -0.0102. The lowest BCUT2D eigenvalue weighted by molar-refractivity contribution is -0.108. The zero-order valence-corrected chi connectivity index (χ0v) is 9.29. The standard InChI is InChI=1S/C11H14ClNO2/c1-8(11(12)15)6-9-4-2-3-5-10(9)13-7-14/h9-10H,1-6H2. The van der Waals surface area contributed by atoms with Gasteiger partial charge in [0, 0.05) is 5.57 Å². The van der Waals surface area contributed by atoms with Gasteiger partial charge in [-0.05, 0) is 36.8 Å². The van der Waals surface area contributed by atoms with Crippen LogP contribution in [-0.2, 0) is 9.59 Å². The van der Waals surface area contributed by atoms with Crippen molar-refractivity contribution in [2.45, 2.75) is 38.1 Å². The minimum absolute atomic E-state index is 0.0102. The molecule has 0 aromatic carbocycles. The van der Waals surface area contributed by atoms with Crippen LogP contribution in [-0.4, -0.2) is 17.4 Å². The molecule has 1 aliphatic carbocycles. The Kier molecular flexibility index (Phi) is 4.73. The van der Waals surface area contributed by atoms with E-state index in [0.717, 1.165) is 25.7 Å². The first-order chi connectivity index (χ1) is 7.15. The van der Waals surface area contributed by atoms with Gasteiger partial charge in [0.05, 0.1) is 6.04 Å². The third-order valence-electron chi connectivity index (χ3n) is 2.87. The maximum absolute atomic E-state index is 10.8. The van der Waals surface area contributed by atoms with Crippen molar-refractivity contribution in [3.05, 3.63) is 12.2 Å². The predicted molar refractivity (Wildman–Crippen MR) is 58.5 cm³/mol. The molecule has 0 heterocycles. The summed E-state index contributed by atoms with van der Waals surface area (Å²) < 4.78 is 0. The van der Waals surface area contributed by atoms with E-state index < -0.39 is 5.24 Å². The molecule has 0 bridgehead atoms. The second-order valence-corrected chi connectivity index (χ2v) is 4.26.